The molecule has 1 aromatic heterocycles. The molecule has 3 rings (SSSR count). The van der Waals surface area contributed by atoms with Crippen molar-refractivity contribution in [2.24, 2.45) is 0 Å². The number of anilines is 2. The molecule has 0 saturated heterocycles. The van der Waals surface area contributed by atoms with E-state index in [0.717, 1.165) is 41.2 Å². The van der Waals surface area contributed by atoms with Crippen molar-refractivity contribution < 1.29 is 22.0 Å². The zero-order valence-corrected chi connectivity index (χ0v) is 18.2. The first-order valence-corrected chi connectivity index (χ1v) is 11.4. The van der Waals surface area contributed by atoms with Crippen LogP contribution in [0.15, 0.2) is 57.5 Å². The van der Waals surface area contributed by atoms with Gasteiger partial charge in [0, 0.05) is 6.07 Å². The maximum atomic E-state index is 13.6. The van der Waals surface area contributed by atoms with Gasteiger partial charge in [0.25, 0.3) is 0 Å². The summed E-state index contributed by atoms with van der Waals surface area (Å²) < 4.78 is 52.3. The summed E-state index contributed by atoms with van der Waals surface area (Å²) in [5, 5.41) is 2.38. The van der Waals surface area contributed by atoms with Crippen LogP contribution in [-0.4, -0.2) is 30.0 Å². The molecule has 0 aliphatic rings. The standard InChI is InChI=1S/C20H18F2N4O3S2/c1-11-3-5-14(7-12(11)2)31(28,29)17-9-24-20(26-19(17)23)30-10-18(27)25-16-6-4-13(21)8-15(16)22/h3-9H,10H2,1-2H3,(H,25,27)(H2,23,24,26). The highest BCUT2D eigenvalue weighted by atomic mass is 32.2. The van der Waals surface area contributed by atoms with Crippen LogP contribution >= 0.6 is 11.8 Å². The highest BCUT2D eigenvalue weighted by Crippen LogP contribution is 2.27. The number of nitrogens with two attached hydrogens (primary N) is 1. The van der Waals surface area contributed by atoms with Gasteiger partial charge >= 0.3 is 0 Å². The number of sulfone groups is 1. The molecule has 0 aliphatic heterocycles. The first-order valence-electron chi connectivity index (χ1n) is 8.90. The molecule has 3 N–H and O–H groups in total. The van der Waals surface area contributed by atoms with E-state index in [1.165, 1.54) is 6.07 Å². The summed E-state index contributed by atoms with van der Waals surface area (Å²) in [5.41, 5.74) is 7.45. The molecular formula is C20H18F2N4O3S2. The molecule has 0 atom stereocenters. The Labute approximate surface area is 182 Å². The van der Waals surface area contributed by atoms with Crippen LogP contribution in [0.4, 0.5) is 20.3 Å². The lowest BCUT2D eigenvalue weighted by Gasteiger charge is -2.10. The molecule has 31 heavy (non-hydrogen) atoms. The fraction of sp³-hybridized carbons (Fsp3) is 0.150. The van der Waals surface area contributed by atoms with Crippen molar-refractivity contribution in [3.8, 4) is 0 Å². The number of rotatable bonds is 6. The van der Waals surface area contributed by atoms with Gasteiger partial charge in [0.1, 0.15) is 22.3 Å². The van der Waals surface area contributed by atoms with E-state index >= 15 is 0 Å². The first-order chi connectivity index (χ1) is 14.6. The number of carbonyl (C=O) groups is 1. The van der Waals surface area contributed by atoms with E-state index in [-0.39, 0.29) is 32.2 Å². The van der Waals surface area contributed by atoms with Crippen molar-refractivity contribution >= 4 is 39.0 Å². The van der Waals surface area contributed by atoms with Gasteiger partial charge in [0.15, 0.2) is 5.16 Å². The molecule has 0 radical (unpaired) electrons. The third kappa shape index (κ3) is 5.17. The summed E-state index contributed by atoms with van der Waals surface area (Å²) in [6.45, 7) is 3.67. The number of carbonyl (C=O) groups excluding carboxylic acids is 1. The van der Waals surface area contributed by atoms with Gasteiger partial charge in [-0.2, -0.15) is 0 Å². The van der Waals surface area contributed by atoms with Crippen molar-refractivity contribution in [2.75, 3.05) is 16.8 Å². The molecule has 1 heterocycles. The Morgan fingerprint density at radius 2 is 1.87 bits per heavy atom. The predicted octanol–water partition coefficient (Wildman–Crippen LogP) is 3.52. The average Bonchev–Trinajstić information content (AvgIpc) is 2.70. The molecule has 162 valence electrons. The van der Waals surface area contributed by atoms with Gasteiger partial charge in [0.2, 0.25) is 15.7 Å². The number of nitrogens with one attached hydrogen (secondary N) is 1. The summed E-state index contributed by atoms with van der Waals surface area (Å²) >= 11 is 0.885. The minimum atomic E-state index is -3.92. The number of amides is 1. The molecule has 11 heteroatoms. The Bertz CT molecular complexity index is 1270. The van der Waals surface area contributed by atoms with Crippen LogP contribution in [0.2, 0.25) is 0 Å². The van der Waals surface area contributed by atoms with E-state index in [9.17, 15) is 22.0 Å². The number of benzene rings is 2. The molecule has 1 amide bonds. The van der Waals surface area contributed by atoms with E-state index in [1.54, 1.807) is 19.1 Å². The SMILES string of the molecule is Cc1ccc(S(=O)(=O)c2cnc(SCC(=O)Nc3ccc(F)cc3F)nc2N)cc1C. The third-order valence-corrected chi connectivity index (χ3v) is 7.01. The second kappa shape index (κ2) is 8.98. The van der Waals surface area contributed by atoms with Crippen LogP contribution in [0.1, 0.15) is 11.1 Å². The highest BCUT2D eigenvalue weighted by Gasteiger charge is 2.23. The Hall–Kier alpha value is -3.05. The van der Waals surface area contributed by atoms with Gasteiger partial charge in [-0.15, -0.1) is 0 Å². The topological polar surface area (TPSA) is 115 Å². The zero-order chi connectivity index (χ0) is 22.8. The predicted molar refractivity (Wildman–Crippen MR) is 114 cm³/mol. The molecule has 0 bridgehead atoms. The van der Waals surface area contributed by atoms with Gasteiger partial charge in [0.05, 0.1) is 22.5 Å². The monoisotopic (exact) mass is 464 g/mol. The Kier molecular flexibility index (Phi) is 6.56. The fourth-order valence-electron chi connectivity index (χ4n) is 2.56. The zero-order valence-electron chi connectivity index (χ0n) is 16.5. The number of nitrogen functional groups attached to an aromatic ring is 1. The largest absolute Gasteiger partial charge is 0.382 e. The van der Waals surface area contributed by atoms with Gasteiger partial charge in [-0.1, -0.05) is 17.8 Å². The molecule has 7 nitrogen and oxygen atoms in total. The summed E-state index contributed by atoms with van der Waals surface area (Å²) in [6, 6.07) is 7.51. The number of thioether (sulfide) groups is 1. The minimum absolute atomic E-state index is 0.0752. The smallest absolute Gasteiger partial charge is 0.234 e. The summed E-state index contributed by atoms with van der Waals surface area (Å²) in [4.78, 5) is 19.8. The lowest BCUT2D eigenvalue weighted by molar-refractivity contribution is -0.113. The van der Waals surface area contributed by atoms with Crippen LogP contribution in [0.3, 0.4) is 0 Å². The molecule has 0 unspecified atom stereocenters. The summed E-state index contributed by atoms with van der Waals surface area (Å²) in [6.07, 6.45) is 1.09. The van der Waals surface area contributed by atoms with Crippen LogP contribution in [0.25, 0.3) is 0 Å². The number of hydrogen-bond acceptors (Lipinski definition) is 7. The van der Waals surface area contributed by atoms with Gasteiger partial charge in [-0.25, -0.2) is 27.2 Å². The molecule has 0 saturated carbocycles. The van der Waals surface area contributed by atoms with Crippen LogP contribution in [0, 0.1) is 25.5 Å². The number of aryl methyl sites for hydroxylation is 2. The van der Waals surface area contributed by atoms with Crippen molar-refractivity contribution in [3.63, 3.8) is 0 Å². The second-order valence-corrected chi connectivity index (χ2v) is 9.47. The molecule has 2 aromatic carbocycles. The maximum absolute atomic E-state index is 13.6. The normalized spacial score (nSPS) is 11.4. The molecule has 0 aliphatic carbocycles. The van der Waals surface area contributed by atoms with Crippen molar-refractivity contribution in [1.82, 2.24) is 9.97 Å². The number of halogens is 2. The molecular weight excluding hydrogens is 446 g/mol. The van der Waals surface area contributed by atoms with E-state index in [2.05, 4.69) is 15.3 Å². The average molecular weight is 465 g/mol. The van der Waals surface area contributed by atoms with Crippen molar-refractivity contribution in [3.05, 3.63) is 65.4 Å². The molecule has 3 aromatic rings. The van der Waals surface area contributed by atoms with E-state index in [4.69, 9.17) is 5.73 Å². The van der Waals surface area contributed by atoms with Crippen molar-refractivity contribution in [1.29, 1.82) is 0 Å². The summed E-state index contributed by atoms with van der Waals surface area (Å²) in [7, 11) is -3.92. The van der Waals surface area contributed by atoms with Gasteiger partial charge in [-0.3, -0.25) is 4.79 Å². The first kappa shape index (κ1) is 22.6. The Balaban J connectivity index is 1.71. The van der Waals surface area contributed by atoms with Crippen LogP contribution < -0.4 is 11.1 Å². The summed E-state index contributed by atoms with van der Waals surface area (Å²) in [5.74, 6) is -2.69. The third-order valence-electron chi connectivity index (χ3n) is 4.38. The lowest BCUT2D eigenvalue weighted by Crippen LogP contribution is -2.15. The molecule has 0 spiro atoms. The van der Waals surface area contributed by atoms with Crippen LogP contribution in [-0.2, 0) is 14.6 Å². The highest BCUT2D eigenvalue weighted by molar-refractivity contribution is 7.99. The van der Waals surface area contributed by atoms with E-state index in [1.807, 2.05) is 6.92 Å². The number of aromatic nitrogens is 2. The maximum Gasteiger partial charge on any atom is 0.234 e. The lowest BCUT2D eigenvalue weighted by atomic mass is 10.1. The number of nitrogens with zero attached hydrogens (tertiary/aromatic N) is 2. The van der Waals surface area contributed by atoms with Crippen LogP contribution in [0.5, 0.6) is 0 Å². The Morgan fingerprint density at radius 3 is 2.52 bits per heavy atom. The van der Waals surface area contributed by atoms with E-state index < -0.39 is 27.4 Å². The second-order valence-electron chi connectivity index (χ2n) is 6.61. The van der Waals surface area contributed by atoms with Gasteiger partial charge < -0.3 is 11.1 Å². The molecule has 0 fully saturated rings. The van der Waals surface area contributed by atoms with Crippen molar-refractivity contribution in [2.45, 2.75) is 28.8 Å². The van der Waals surface area contributed by atoms with E-state index in [0.29, 0.717) is 6.07 Å². The number of hydrogen-bond donors (Lipinski definition) is 2. The quantitative estimate of drug-likeness (QED) is 0.424. The van der Waals surface area contributed by atoms with Gasteiger partial charge in [-0.05, 0) is 49.2 Å². The Morgan fingerprint density at radius 1 is 1.13 bits per heavy atom. The fourth-order valence-corrected chi connectivity index (χ4v) is 4.53. The minimum Gasteiger partial charge on any atom is -0.382 e.